The second-order valence-corrected chi connectivity index (χ2v) is 29.4. The Morgan fingerprint density at radius 1 is 0.812 bits per heavy atom. The lowest BCUT2D eigenvalue weighted by Gasteiger charge is -2.69. The van der Waals surface area contributed by atoms with E-state index in [4.69, 9.17) is 35.0 Å². The van der Waals surface area contributed by atoms with E-state index < -0.39 is 77.2 Å². The Morgan fingerprint density at radius 2 is 1.55 bits per heavy atom. The Bertz CT molecular complexity index is 4130. The molecule has 4 atom stereocenters. The van der Waals surface area contributed by atoms with Crippen molar-refractivity contribution in [1.82, 2.24) is 55.7 Å². The predicted molar refractivity (Wildman–Crippen MR) is 373 cm³/mol. The molecule has 4 saturated carbocycles. The fraction of sp³-hybridized carbons (Fsp3) is 0.493. The van der Waals surface area contributed by atoms with Gasteiger partial charge < -0.3 is 66.5 Å². The summed E-state index contributed by atoms with van der Waals surface area (Å²) in [5.41, 5.74) is 9.85. The van der Waals surface area contributed by atoms with Crippen LogP contribution in [-0.2, 0) is 62.6 Å². The normalized spacial score (nSPS) is 20.9. The van der Waals surface area contributed by atoms with Crippen molar-refractivity contribution in [3.63, 3.8) is 0 Å². The van der Waals surface area contributed by atoms with E-state index in [-0.39, 0.29) is 100 Å². The highest BCUT2D eigenvalue weighted by Gasteiger charge is 2.66. The maximum atomic E-state index is 13.9. The van der Waals surface area contributed by atoms with Crippen LogP contribution in [0.5, 0.6) is 0 Å². The molecule has 8 amide bonds. The lowest BCUT2D eigenvalue weighted by molar-refractivity contribution is -0.248. The third-order valence-corrected chi connectivity index (χ3v) is 20.7. The van der Waals surface area contributed by atoms with E-state index in [1.807, 2.05) is 53.8 Å². The van der Waals surface area contributed by atoms with Crippen molar-refractivity contribution in [3.05, 3.63) is 107 Å². The van der Waals surface area contributed by atoms with Gasteiger partial charge in [0.1, 0.15) is 24.5 Å². The van der Waals surface area contributed by atoms with Crippen LogP contribution in [0, 0.1) is 36.0 Å². The number of imide groups is 1. The summed E-state index contributed by atoms with van der Waals surface area (Å²) in [4.78, 5) is 128. The number of thiazole rings is 1. The second-order valence-electron chi connectivity index (χ2n) is 28.4. The number of hydrogen-bond donors (Lipinski definition) is 8. The first-order valence-electron chi connectivity index (χ1n) is 34.1. The van der Waals surface area contributed by atoms with Gasteiger partial charge in [-0.2, -0.15) is 5.10 Å². The van der Waals surface area contributed by atoms with Gasteiger partial charge >= 0.3 is 24.1 Å². The number of benzene rings is 2. The number of carboxylic acid groups (broad SMARTS) is 2. The number of aromatic carboxylic acids is 1. The molecule has 29 nitrogen and oxygen atoms in total. The van der Waals surface area contributed by atoms with Crippen molar-refractivity contribution >= 4 is 103 Å². The SMILES string of the molecule is Cc1c(Nc2nc3ccccc3s2)nnc2c1CCCN2c1ccc(-c2cnn(CC34CC5(C)CC(C)(C3)CC(OCCN(CCC(=O)O)C(=O)OCc3ccc(NC(=O)[C@H](CCCNC(N)=O)NC(=O)[C@@H](NC(=O)CCOCCN6C(=O)C=CC6=O)C(C)C)cc3)(C5)C4)c2C)c(C(=O)O)n1. The van der Waals surface area contributed by atoms with E-state index in [9.17, 15) is 53.4 Å². The summed E-state index contributed by atoms with van der Waals surface area (Å²) in [6.07, 6.45) is 9.96. The molecule has 0 radical (unpaired) electrons. The molecule has 6 heterocycles. The summed E-state index contributed by atoms with van der Waals surface area (Å²) in [6, 6.07) is 15.1. The molecule has 9 N–H and O–H groups in total. The van der Waals surface area contributed by atoms with Crippen molar-refractivity contribution in [3.8, 4) is 11.1 Å². The molecule has 4 bridgehead atoms. The Kier molecular flexibility index (Phi) is 21.8. The van der Waals surface area contributed by atoms with Gasteiger partial charge in [-0.15, -0.1) is 10.2 Å². The number of fused-ring (bicyclic) bond motifs is 2. The zero-order chi connectivity index (χ0) is 72.0. The van der Waals surface area contributed by atoms with E-state index in [1.54, 1.807) is 50.4 Å². The van der Waals surface area contributed by atoms with Gasteiger partial charge in [0.05, 0.1) is 54.8 Å². The zero-order valence-electron chi connectivity index (χ0n) is 57.6. The molecule has 6 aliphatic rings. The largest absolute Gasteiger partial charge is 0.481 e. The lowest BCUT2D eigenvalue weighted by Crippen LogP contribution is -2.64. The van der Waals surface area contributed by atoms with Gasteiger partial charge in [0.15, 0.2) is 22.5 Å². The maximum absolute atomic E-state index is 13.9. The number of rotatable bonds is 32. The number of hydrogen-bond acceptors (Lipinski definition) is 20. The van der Waals surface area contributed by atoms with E-state index in [2.05, 4.69) is 50.6 Å². The zero-order valence-corrected chi connectivity index (χ0v) is 58.4. The number of ether oxygens (including phenoxy) is 3. The third-order valence-electron chi connectivity index (χ3n) is 19.7. The van der Waals surface area contributed by atoms with Crippen molar-refractivity contribution < 1.29 is 67.6 Å². The van der Waals surface area contributed by atoms with Gasteiger partial charge in [0.2, 0.25) is 17.7 Å². The molecule has 0 spiro atoms. The first kappa shape index (κ1) is 72.3. The molecule has 536 valence electrons. The van der Waals surface area contributed by atoms with Gasteiger partial charge in [-0.3, -0.25) is 38.3 Å². The number of urea groups is 1. The summed E-state index contributed by atoms with van der Waals surface area (Å²) < 4.78 is 21.3. The molecule has 4 aliphatic carbocycles. The van der Waals surface area contributed by atoms with Crippen LogP contribution in [0.15, 0.2) is 79.0 Å². The number of anilines is 5. The summed E-state index contributed by atoms with van der Waals surface area (Å²) in [7, 11) is 0. The molecular formula is C71H87N15O14S. The number of carbonyl (C=O) groups excluding carboxylic acids is 7. The number of aromatic nitrogens is 6. The van der Waals surface area contributed by atoms with E-state index in [0.717, 1.165) is 95.5 Å². The first-order valence-corrected chi connectivity index (χ1v) is 35.0. The third kappa shape index (κ3) is 17.1. The van der Waals surface area contributed by atoms with E-state index in [0.29, 0.717) is 58.1 Å². The minimum absolute atomic E-state index is 0.00933. The topological polar surface area (TPSA) is 387 Å². The number of aliphatic carboxylic acids is 1. The van der Waals surface area contributed by atoms with Crippen LogP contribution in [-0.4, -0.2) is 174 Å². The minimum Gasteiger partial charge on any atom is -0.481 e. The smallest absolute Gasteiger partial charge is 0.410 e. The quantitative estimate of drug-likeness (QED) is 0.0146. The van der Waals surface area contributed by atoms with Crippen LogP contribution in [0.1, 0.15) is 131 Å². The van der Waals surface area contributed by atoms with Crippen LogP contribution in [0.4, 0.5) is 37.9 Å². The summed E-state index contributed by atoms with van der Waals surface area (Å²) in [5.74, 6) is -3.62. The number of pyridine rings is 1. The van der Waals surface area contributed by atoms with Crippen molar-refractivity contribution in [2.24, 2.45) is 27.9 Å². The maximum Gasteiger partial charge on any atom is 0.410 e. The number of carbonyl (C=O) groups is 9. The summed E-state index contributed by atoms with van der Waals surface area (Å²) in [5, 5.41) is 49.5. The highest BCUT2D eigenvalue weighted by molar-refractivity contribution is 7.22. The highest BCUT2D eigenvalue weighted by atomic mass is 32.1. The van der Waals surface area contributed by atoms with Crippen molar-refractivity contribution in [1.29, 1.82) is 0 Å². The Labute approximate surface area is 587 Å². The fourth-order valence-corrected chi connectivity index (χ4v) is 17.1. The highest BCUT2D eigenvalue weighted by Crippen LogP contribution is 2.72. The van der Waals surface area contributed by atoms with Gasteiger partial charge in [0, 0.05) is 84.9 Å². The molecule has 2 unspecified atom stereocenters. The van der Waals surface area contributed by atoms with E-state index in [1.165, 1.54) is 16.2 Å². The molecule has 2 aliphatic heterocycles. The van der Waals surface area contributed by atoms with Crippen LogP contribution in [0.2, 0.25) is 0 Å². The molecule has 12 rings (SSSR count). The average molecular weight is 1410 g/mol. The van der Waals surface area contributed by atoms with Crippen LogP contribution in [0.3, 0.4) is 0 Å². The number of amides is 8. The monoisotopic (exact) mass is 1410 g/mol. The molecule has 0 saturated heterocycles. The Balaban J connectivity index is 0.695. The van der Waals surface area contributed by atoms with Crippen molar-refractivity contribution in [2.75, 3.05) is 68.1 Å². The molecule has 2 aromatic carbocycles. The lowest BCUT2D eigenvalue weighted by atomic mass is 9.39. The van der Waals surface area contributed by atoms with Crippen LogP contribution < -0.4 is 37.2 Å². The van der Waals surface area contributed by atoms with Gasteiger partial charge in [-0.05, 0) is 142 Å². The molecule has 101 heavy (non-hydrogen) atoms. The predicted octanol–water partition coefficient (Wildman–Crippen LogP) is 8.08. The number of carboxylic acids is 2. The molecule has 30 heteroatoms. The van der Waals surface area contributed by atoms with Gasteiger partial charge in [-0.1, -0.05) is 63.3 Å². The number of nitrogens with two attached hydrogens (primary N) is 1. The average Bonchev–Trinajstić information content (AvgIpc) is 0.920. The summed E-state index contributed by atoms with van der Waals surface area (Å²) in [6.45, 7) is 13.1. The molecular weight excluding hydrogens is 1320 g/mol. The summed E-state index contributed by atoms with van der Waals surface area (Å²) >= 11 is 1.54. The molecule has 6 aromatic rings. The molecule has 4 aromatic heterocycles. The van der Waals surface area contributed by atoms with Crippen molar-refractivity contribution in [2.45, 2.75) is 149 Å². The Hall–Kier alpha value is -9.94. The number of nitrogens with zero attached hydrogens (tertiary/aromatic N) is 9. The Morgan fingerprint density at radius 3 is 2.26 bits per heavy atom. The number of primary amides is 1. The van der Waals surface area contributed by atoms with Crippen LogP contribution in [0.25, 0.3) is 21.3 Å². The van der Waals surface area contributed by atoms with Gasteiger partial charge in [-0.25, -0.2) is 24.4 Å². The standard InChI is InChI=1S/C71H87N15O14S/c1-42(2)58(79-54(87)24-30-98-31-29-85-55(88)21-22-56(85)89)63(93)76-51(13-9-25-73-65(72)96)62(92)75-46-17-15-45(16-18-46)34-99-67(97)83(27-23-57(90)91)28-32-100-71-38-68(5)35-69(6,39-71)37-70(36-68,40-71)41-86-44(4)49(33-74-86)48-19-20-53(78-59(48)64(94)95)84-26-10-11-47-43(3)60(81-82-61(47)84)80-66-77-50-12-7-8-14-52(50)101-66/h7-8,12,14-22,33,42,51,58H,9-11,13,23-32,34-41H2,1-6H3,(H,75,92)(H,76,93)(H,79,87)(H,90,91)(H,94,95)(H3,72,73,96)(H,77,80,81)/t51-,58-,68?,69?,70?,71?/m0/s1. The number of nitrogens with one attached hydrogen (secondary N) is 5. The molecule has 4 fully saturated rings. The van der Waals surface area contributed by atoms with Crippen LogP contribution >= 0.6 is 11.3 Å². The minimum atomic E-state index is -1.17. The van der Waals surface area contributed by atoms with E-state index >= 15 is 0 Å². The number of para-hydroxylation sites is 1. The first-order chi connectivity index (χ1) is 48.2. The fourth-order valence-electron chi connectivity index (χ4n) is 16.2. The van der Waals surface area contributed by atoms with Gasteiger partial charge in [0.25, 0.3) is 11.8 Å². The second kappa shape index (κ2) is 30.5.